The maximum Gasteiger partial charge on any atom is 0.122 e. The van der Waals surface area contributed by atoms with Crippen molar-refractivity contribution in [3.63, 3.8) is 0 Å². The van der Waals surface area contributed by atoms with Crippen molar-refractivity contribution in [2.75, 3.05) is 19.7 Å². The van der Waals surface area contributed by atoms with Gasteiger partial charge in [-0.2, -0.15) is 0 Å². The summed E-state index contributed by atoms with van der Waals surface area (Å²) in [5.41, 5.74) is 1.31. The van der Waals surface area contributed by atoms with Crippen LogP contribution in [0, 0.1) is 5.92 Å². The Kier molecular flexibility index (Phi) is 3.76. The fourth-order valence-corrected chi connectivity index (χ4v) is 2.78. The number of piperidine rings is 1. The van der Waals surface area contributed by atoms with Gasteiger partial charge in [0.15, 0.2) is 0 Å². The molecule has 98 valence electrons. The highest BCUT2D eigenvalue weighted by Gasteiger charge is 2.24. The quantitative estimate of drug-likeness (QED) is 0.898. The number of benzene rings is 1. The Morgan fingerprint density at radius 1 is 1.17 bits per heavy atom. The van der Waals surface area contributed by atoms with Crippen molar-refractivity contribution in [1.82, 2.24) is 5.32 Å². The molecule has 1 aliphatic heterocycles. The van der Waals surface area contributed by atoms with Crippen molar-refractivity contribution in [3.8, 4) is 5.75 Å². The van der Waals surface area contributed by atoms with E-state index in [0.29, 0.717) is 5.92 Å². The summed E-state index contributed by atoms with van der Waals surface area (Å²) in [6, 6.07) is 6.08. The topological polar surface area (TPSA) is 21.3 Å². The summed E-state index contributed by atoms with van der Waals surface area (Å²) in [4.78, 5) is 0. The molecule has 2 aliphatic rings. The van der Waals surface area contributed by atoms with Crippen LogP contribution in [0.5, 0.6) is 5.75 Å². The van der Waals surface area contributed by atoms with E-state index in [1.165, 1.54) is 31.2 Å². The third-order valence-electron chi connectivity index (χ3n) is 3.92. The number of ether oxygens (including phenoxy) is 1. The van der Waals surface area contributed by atoms with Gasteiger partial charge in [0.05, 0.1) is 6.61 Å². The SMILES string of the molecule is Clc1ccc(OCC2CC2)c(C2CCNCC2)c1. The van der Waals surface area contributed by atoms with Crippen LogP contribution in [0.1, 0.15) is 37.2 Å². The molecule has 3 heteroatoms. The van der Waals surface area contributed by atoms with E-state index in [0.717, 1.165) is 36.4 Å². The molecule has 1 N–H and O–H groups in total. The van der Waals surface area contributed by atoms with Crippen LogP contribution < -0.4 is 10.1 Å². The van der Waals surface area contributed by atoms with Gasteiger partial charge in [-0.1, -0.05) is 11.6 Å². The maximum absolute atomic E-state index is 6.14. The van der Waals surface area contributed by atoms with E-state index >= 15 is 0 Å². The Labute approximate surface area is 114 Å². The van der Waals surface area contributed by atoms with Crippen LogP contribution in [0.25, 0.3) is 0 Å². The van der Waals surface area contributed by atoms with Crippen LogP contribution in [-0.2, 0) is 0 Å². The first kappa shape index (κ1) is 12.3. The highest BCUT2D eigenvalue weighted by Crippen LogP contribution is 2.36. The van der Waals surface area contributed by atoms with Crippen LogP contribution in [0.2, 0.25) is 5.02 Å². The lowest BCUT2D eigenvalue weighted by Crippen LogP contribution is -2.26. The molecular formula is C15H20ClNO. The van der Waals surface area contributed by atoms with Crippen molar-refractivity contribution >= 4 is 11.6 Å². The van der Waals surface area contributed by atoms with E-state index in [-0.39, 0.29) is 0 Å². The summed E-state index contributed by atoms with van der Waals surface area (Å²) in [5.74, 6) is 2.44. The average molecular weight is 266 g/mol. The molecule has 18 heavy (non-hydrogen) atoms. The number of rotatable bonds is 4. The molecular weight excluding hydrogens is 246 g/mol. The molecule has 1 aromatic carbocycles. The second kappa shape index (κ2) is 5.50. The molecule has 1 saturated heterocycles. The molecule has 0 unspecified atom stereocenters. The lowest BCUT2D eigenvalue weighted by Gasteiger charge is -2.25. The van der Waals surface area contributed by atoms with Gasteiger partial charge in [-0.3, -0.25) is 0 Å². The first-order chi connectivity index (χ1) is 8.83. The molecule has 0 spiro atoms. The summed E-state index contributed by atoms with van der Waals surface area (Å²) < 4.78 is 5.99. The predicted octanol–water partition coefficient (Wildman–Crippen LogP) is 3.60. The van der Waals surface area contributed by atoms with Crippen LogP contribution in [0.4, 0.5) is 0 Å². The molecule has 1 aliphatic carbocycles. The van der Waals surface area contributed by atoms with Gasteiger partial charge >= 0.3 is 0 Å². The Hall–Kier alpha value is -0.730. The molecule has 1 aromatic rings. The second-order valence-corrected chi connectivity index (χ2v) is 5.90. The van der Waals surface area contributed by atoms with Gasteiger partial charge < -0.3 is 10.1 Å². The van der Waals surface area contributed by atoms with Crippen molar-refractivity contribution in [2.24, 2.45) is 5.92 Å². The van der Waals surface area contributed by atoms with E-state index < -0.39 is 0 Å². The van der Waals surface area contributed by atoms with Gasteiger partial charge in [-0.05, 0) is 74.4 Å². The number of hydrogen-bond donors (Lipinski definition) is 1. The number of nitrogens with one attached hydrogen (secondary N) is 1. The van der Waals surface area contributed by atoms with Crippen LogP contribution in [0.15, 0.2) is 18.2 Å². The van der Waals surface area contributed by atoms with E-state index in [9.17, 15) is 0 Å². The largest absolute Gasteiger partial charge is 0.493 e. The fraction of sp³-hybridized carbons (Fsp3) is 0.600. The summed E-state index contributed by atoms with van der Waals surface area (Å²) in [7, 11) is 0. The lowest BCUT2D eigenvalue weighted by atomic mass is 9.89. The smallest absolute Gasteiger partial charge is 0.122 e. The van der Waals surface area contributed by atoms with Gasteiger partial charge in [0.1, 0.15) is 5.75 Å². The number of halogens is 1. The molecule has 3 rings (SSSR count). The minimum absolute atomic E-state index is 0.596. The molecule has 0 atom stereocenters. The van der Waals surface area contributed by atoms with Crippen molar-refractivity contribution in [1.29, 1.82) is 0 Å². The third-order valence-corrected chi connectivity index (χ3v) is 4.16. The van der Waals surface area contributed by atoms with E-state index in [2.05, 4.69) is 11.4 Å². The van der Waals surface area contributed by atoms with Gasteiger partial charge in [0.2, 0.25) is 0 Å². The van der Waals surface area contributed by atoms with E-state index in [1.807, 2.05) is 12.1 Å². The van der Waals surface area contributed by atoms with Crippen LogP contribution in [0.3, 0.4) is 0 Å². The maximum atomic E-state index is 6.14. The molecule has 0 bridgehead atoms. The van der Waals surface area contributed by atoms with Crippen molar-refractivity contribution < 1.29 is 4.74 Å². The molecule has 2 fully saturated rings. The monoisotopic (exact) mass is 265 g/mol. The van der Waals surface area contributed by atoms with Crippen molar-refractivity contribution in [3.05, 3.63) is 28.8 Å². The Balaban J connectivity index is 1.77. The Morgan fingerprint density at radius 3 is 2.67 bits per heavy atom. The molecule has 0 radical (unpaired) electrons. The standard InChI is InChI=1S/C15H20ClNO/c16-13-3-4-15(18-10-11-1-2-11)14(9-13)12-5-7-17-8-6-12/h3-4,9,11-12,17H,1-2,5-8,10H2. The van der Waals surface area contributed by atoms with Crippen molar-refractivity contribution in [2.45, 2.75) is 31.6 Å². The Morgan fingerprint density at radius 2 is 1.94 bits per heavy atom. The molecule has 2 nitrogen and oxygen atoms in total. The van der Waals surface area contributed by atoms with Gasteiger partial charge in [-0.25, -0.2) is 0 Å². The van der Waals surface area contributed by atoms with Crippen LogP contribution >= 0.6 is 11.6 Å². The average Bonchev–Trinajstić information content (AvgIpc) is 3.22. The summed E-state index contributed by atoms with van der Waals surface area (Å²) in [6.07, 6.45) is 5.02. The first-order valence-corrected chi connectivity index (χ1v) is 7.33. The third kappa shape index (κ3) is 2.99. The molecule has 1 heterocycles. The minimum Gasteiger partial charge on any atom is -0.493 e. The summed E-state index contributed by atoms with van der Waals surface area (Å²) in [6.45, 7) is 3.07. The minimum atomic E-state index is 0.596. The summed E-state index contributed by atoms with van der Waals surface area (Å²) in [5, 5.41) is 4.23. The van der Waals surface area contributed by atoms with Gasteiger partial charge in [0.25, 0.3) is 0 Å². The molecule has 0 aromatic heterocycles. The van der Waals surface area contributed by atoms with Crippen LogP contribution in [-0.4, -0.2) is 19.7 Å². The Bertz CT molecular complexity index is 411. The molecule has 0 amide bonds. The van der Waals surface area contributed by atoms with Gasteiger partial charge in [0, 0.05) is 5.02 Å². The second-order valence-electron chi connectivity index (χ2n) is 5.46. The predicted molar refractivity (Wildman–Crippen MR) is 74.5 cm³/mol. The first-order valence-electron chi connectivity index (χ1n) is 6.96. The highest BCUT2D eigenvalue weighted by molar-refractivity contribution is 6.30. The fourth-order valence-electron chi connectivity index (χ4n) is 2.59. The zero-order valence-electron chi connectivity index (χ0n) is 10.6. The molecule has 1 saturated carbocycles. The number of hydrogen-bond acceptors (Lipinski definition) is 2. The van der Waals surface area contributed by atoms with Gasteiger partial charge in [-0.15, -0.1) is 0 Å². The normalized spacial score (nSPS) is 20.9. The highest BCUT2D eigenvalue weighted by atomic mass is 35.5. The summed E-state index contributed by atoms with van der Waals surface area (Å²) >= 11 is 6.14. The van der Waals surface area contributed by atoms with E-state index in [4.69, 9.17) is 16.3 Å². The van der Waals surface area contributed by atoms with E-state index in [1.54, 1.807) is 0 Å². The lowest BCUT2D eigenvalue weighted by molar-refractivity contribution is 0.292. The zero-order chi connectivity index (χ0) is 12.4. The zero-order valence-corrected chi connectivity index (χ0v) is 11.4.